The van der Waals surface area contributed by atoms with Gasteiger partial charge in [-0.25, -0.2) is 0 Å². The van der Waals surface area contributed by atoms with Crippen molar-refractivity contribution >= 4 is 29.1 Å². The molecule has 180 valence electrons. The Morgan fingerprint density at radius 2 is 1.91 bits per heavy atom. The first-order valence-electron chi connectivity index (χ1n) is 11.7. The molecule has 2 aromatic rings. The van der Waals surface area contributed by atoms with Gasteiger partial charge in [-0.1, -0.05) is 48.5 Å². The molecule has 1 amide bonds. The number of rotatable bonds is 8. The molecule has 34 heavy (non-hydrogen) atoms. The summed E-state index contributed by atoms with van der Waals surface area (Å²) >= 11 is 5.98. The van der Waals surface area contributed by atoms with Crippen LogP contribution in [0.5, 0.6) is 5.75 Å². The molecule has 8 heteroatoms. The number of carbonyl (C=O) groups excluding carboxylic acids is 2. The van der Waals surface area contributed by atoms with Gasteiger partial charge in [0.05, 0.1) is 39.0 Å². The Balaban J connectivity index is 1.73. The van der Waals surface area contributed by atoms with E-state index in [4.69, 9.17) is 21.1 Å². The number of likely N-dealkylation sites (tertiary alicyclic amines) is 1. The topological polar surface area (TPSA) is 83.3 Å². The number of benzene rings is 2. The number of nitrogens with zero attached hydrogens (tertiary/aromatic N) is 1. The van der Waals surface area contributed by atoms with E-state index in [-0.39, 0.29) is 5.57 Å². The third kappa shape index (κ3) is 5.27. The molecule has 1 unspecified atom stereocenters. The molecule has 4 rings (SSSR count). The second-order valence-corrected chi connectivity index (χ2v) is 8.95. The second-order valence-electron chi connectivity index (χ2n) is 8.51. The highest BCUT2D eigenvalue weighted by Gasteiger charge is 2.44. The second kappa shape index (κ2) is 11.0. The molecular formula is C26H29ClN2O5. The Kier molecular flexibility index (Phi) is 7.88. The Morgan fingerprint density at radius 1 is 1.18 bits per heavy atom. The maximum atomic E-state index is 13.5. The van der Waals surface area contributed by atoms with Crippen LogP contribution in [0.15, 0.2) is 54.1 Å². The van der Waals surface area contributed by atoms with Gasteiger partial charge in [-0.3, -0.25) is 9.59 Å². The monoisotopic (exact) mass is 484 g/mol. The largest absolute Gasteiger partial charge is 0.872 e. The zero-order valence-electron chi connectivity index (χ0n) is 19.2. The van der Waals surface area contributed by atoms with Crippen molar-refractivity contribution in [2.45, 2.75) is 19.4 Å². The van der Waals surface area contributed by atoms with Crippen LogP contribution in [0.4, 0.5) is 0 Å². The van der Waals surface area contributed by atoms with Crippen molar-refractivity contribution in [3.63, 3.8) is 0 Å². The fraction of sp³-hybridized carbons (Fsp3) is 0.385. The minimum absolute atomic E-state index is 0.0306. The Hall–Kier alpha value is -2.87. The molecule has 2 aliphatic rings. The first-order chi connectivity index (χ1) is 16.5. The van der Waals surface area contributed by atoms with Crippen molar-refractivity contribution in [1.29, 1.82) is 0 Å². The number of amides is 1. The van der Waals surface area contributed by atoms with E-state index in [1.807, 2.05) is 31.2 Å². The van der Waals surface area contributed by atoms with E-state index >= 15 is 0 Å². The van der Waals surface area contributed by atoms with Crippen LogP contribution >= 0.6 is 11.6 Å². The molecule has 2 aliphatic heterocycles. The fourth-order valence-electron chi connectivity index (χ4n) is 4.39. The van der Waals surface area contributed by atoms with Gasteiger partial charge < -0.3 is 24.4 Å². The number of morpholine rings is 1. The highest BCUT2D eigenvalue weighted by Crippen LogP contribution is 2.39. The van der Waals surface area contributed by atoms with Gasteiger partial charge in [0.25, 0.3) is 5.91 Å². The van der Waals surface area contributed by atoms with Gasteiger partial charge in [0.2, 0.25) is 5.78 Å². The van der Waals surface area contributed by atoms with Gasteiger partial charge >= 0.3 is 0 Å². The van der Waals surface area contributed by atoms with Crippen molar-refractivity contribution in [3.05, 3.63) is 70.3 Å². The van der Waals surface area contributed by atoms with Crippen molar-refractivity contribution < 1.29 is 29.1 Å². The van der Waals surface area contributed by atoms with Crippen LogP contribution in [-0.4, -0.2) is 62.6 Å². The third-order valence-electron chi connectivity index (χ3n) is 6.19. The van der Waals surface area contributed by atoms with Crippen LogP contribution in [0.3, 0.4) is 0 Å². The minimum Gasteiger partial charge on any atom is -0.872 e. The predicted octanol–water partition coefficient (Wildman–Crippen LogP) is 1.27. The summed E-state index contributed by atoms with van der Waals surface area (Å²) in [6, 6.07) is 12.9. The minimum atomic E-state index is -0.770. The zero-order chi connectivity index (χ0) is 24.1. The SMILES string of the molecule is CCCOc1cccc(C2/C(=C(\[O-])c3ccc(Cl)cc3)C(=O)C(=O)N2CC[NH+]2CCOCC2)c1. The third-order valence-corrected chi connectivity index (χ3v) is 6.44. The number of hydrogen-bond donors (Lipinski definition) is 1. The van der Waals surface area contributed by atoms with Gasteiger partial charge in [0, 0.05) is 10.6 Å². The van der Waals surface area contributed by atoms with E-state index in [9.17, 15) is 14.7 Å². The Morgan fingerprint density at radius 3 is 2.62 bits per heavy atom. The van der Waals surface area contributed by atoms with E-state index in [2.05, 4.69) is 0 Å². The first kappa shape index (κ1) is 24.3. The van der Waals surface area contributed by atoms with Gasteiger partial charge in [-0.05, 0) is 41.8 Å². The lowest BCUT2D eigenvalue weighted by atomic mass is 9.95. The number of quaternary nitrogens is 1. The molecule has 1 atom stereocenters. The highest BCUT2D eigenvalue weighted by atomic mass is 35.5. The summed E-state index contributed by atoms with van der Waals surface area (Å²) in [6.07, 6.45) is 0.853. The molecule has 0 spiro atoms. The number of Topliss-reactive ketones (excluding diaryl/α,β-unsaturated/α-hetero) is 1. The fourth-order valence-corrected chi connectivity index (χ4v) is 4.51. The van der Waals surface area contributed by atoms with Crippen molar-refractivity contribution in [1.82, 2.24) is 4.90 Å². The molecule has 0 aliphatic carbocycles. The summed E-state index contributed by atoms with van der Waals surface area (Å²) in [5, 5.41) is 14.0. The number of halogens is 1. The molecule has 0 bridgehead atoms. The van der Waals surface area contributed by atoms with E-state index in [0.717, 1.165) is 19.5 Å². The zero-order valence-corrected chi connectivity index (χ0v) is 20.0. The van der Waals surface area contributed by atoms with E-state index in [1.54, 1.807) is 24.3 Å². The van der Waals surface area contributed by atoms with Crippen LogP contribution in [0.25, 0.3) is 5.76 Å². The molecule has 0 radical (unpaired) electrons. The van der Waals surface area contributed by atoms with Crippen LogP contribution in [0.1, 0.15) is 30.5 Å². The molecular weight excluding hydrogens is 456 g/mol. The molecule has 7 nitrogen and oxygen atoms in total. The van der Waals surface area contributed by atoms with E-state index < -0.39 is 23.5 Å². The van der Waals surface area contributed by atoms with Gasteiger partial charge in [-0.2, -0.15) is 0 Å². The highest BCUT2D eigenvalue weighted by molar-refractivity contribution is 6.46. The van der Waals surface area contributed by atoms with Crippen molar-refractivity contribution in [2.75, 3.05) is 46.0 Å². The lowest BCUT2D eigenvalue weighted by molar-refractivity contribution is -0.907. The lowest BCUT2D eigenvalue weighted by Gasteiger charge is -2.30. The van der Waals surface area contributed by atoms with Crippen molar-refractivity contribution in [3.8, 4) is 5.75 Å². The Labute approximate surface area is 204 Å². The summed E-state index contributed by atoms with van der Waals surface area (Å²) in [7, 11) is 0. The Bertz CT molecular complexity index is 1060. The number of ketones is 1. The normalized spacial score (nSPS) is 20.6. The molecule has 0 saturated carbocycles. The van der Waals surface area contributed by atoms with Crippen molar-refractivity contribution in [2.24, 2.45) is 0 Å². The number of carbonyl (C=O) groups is 2. The maximum Gasteiger partial charge on any atom is 0.295 e. The average molecular weight is 485 g/mol. The number of nitrogens with one attached hydrogen (secondary N) is 1. The molecule has 2 heterocycles. The summed E-state index contributed by atoms with van der Waals surface area (Å²) in [5.74, 6) is -1.21. The van der Waals surface area contributed by atoms with Crippen LogP contribution in [-0.2, 0) is 14.3 Å². The summed E-state index contributed by atoms with van der Waals surface area (Å²) in [5.41, 5.74) is 0.976. The summed E-state index contributed by atoms with van der Waals surface area (Å²) in [4.78, 5) is 29.1. The van der Waals surface area contributed by atoms with Crippen LogP contribution in [0.2, 0.25) is 5.02 Å². The lowest BCUT2D eigenvalue weighted by Crippen LogP contribution is -3.14. The maximum absolute atomic E-state index is 13.5. The molecule has 2 aromatic carbocycles. The van der Waals surface area contributed by atoms with Gasteiger partial charge in [0.15, 0.2) is 0 Å². The standard InChI is InChI=1S/C26H29ClN2O5/c1-2-14-34-21-5-3-4-19(17-21)23-22(24(30)18-6-8-20(27)9-7-18)25(31)26(32)29(23)11-10-28-12-15-33-16-13-28/h3-9,17,23,30H,2,10-16H2,1H3/b24-22+. The first-order valence-corrected chi connectivity index (χ1v) is 12.0. The van der Waals surface area contributed by atoms with Crippen LogP contribution < -0.4 is 14.7 Å². The molecule has 0 aromatic heterocycles. The predicted molar refractivity (Wildman–Crippen MR) is 126 cm³/mol. The van der Waals surface area contributed by atoms with E-state index in [0.29, 0.717) is 54.8 Å². The average Bonchev–Trinajstić information content (AvgIpc) is 3.12. The van der Waals surface area contributed by atoms with Gasteiger partial charge in [-0.15, -0.1) is 0 Å². The molecule has 2 saturated heterocycles. The number of ether oxygens (including phenoxy) is 2. The quantitative estimate of drug-likeness (QED) is 0.346. The summed E-state index contributed by atoms with van der Waals surface area (Å²) in [6.45, 7) is 6.66. The van der Waals surface area contributed by atoms with Crippen LogP contribution in [0, 0.1) is 0 Å². The van der Waals surface area contributed by atoms with Gasteiger partial charge in [0.1, 0.15) is 18.8 Å². The molecule has 2 fully saturated rings. The molecule has 1 N–H and O–H groups in total. The van der Waals surface area contributed by atoms with E-state index in [1.165, 1.54) is 9.80 Å². The number of hydrogen-bond acceptors (Lipinski definition) is 5. The summed E-state index contributed by atoms with van der Waals surface area (Å²) < 4.78 is 11.2. The smallest absolute Gasteiger partial charge is 0.295 e.